The largest absolute Gasteiger partial charge is 0.326 e. The molecule has 4 heteroatoms. The van der Waals surface area contributed by atoms with Gasteiger partial charge in [-0.25, -0.2) is 4.39 Å². The standard InChI is InChI=1S/C14H22FN3/c1-11-9-17(2)6-7-18(11)10-13-5-3-4-12(8-16)14(13)15/h3-5,11H,6-10,16H2,1-2H3. The van der Waals surface area contributed by atoms with Gasteiger partial charge in [0.25, 0.3) is 0 Å². The van der Waals surface area contributed by atoms with Gasteiger partial charge in [0.15, 0.2) is 0 Å². The van der Waals surface area contributed by atoms with Crippen molar-refractivity contribution in [1.82, 2.24) is 9.80 Å². The van der Waals surface area contributed by atoms with Gasteiger partial charge in [0.1, 0.15) is 5.82 Å². The van der Waals surface area contributed by atoms with Crippen LogP contribution in [0.25, 0.3) is 0 Å². The van der Waals surface area contributed by atoms with E-state index in [1.54, 1.807) is 6.07 Å². The second-order valence-electron chi connectivity index (χ2n) is 5.18. The van der Waals surface area contributed by atoms with Gasteiger partial charge < -0.3 is 10.6 Å². The van der Waals surface area contributed by atoms with Gasteiger partial charge in [0.05, 0.1) is 0 Å². The molecule has 0 amide bonds. The first-order valence-corrected chi connectivity index (χ1v) is 6.50. The summed E-state index contributed by atoms with van der Waals surface area (Å²) in [6.45, 7) is 6.21. The molecule has 1 aliphatic rings. The minimum Gasteiger partial charge on any atom is -0.326 e. The number of piperazine rings is 1. The third kappa shape index (κ3) is 2.88. The predicted octanol–water partition coefficient (Wildman–Crippen LogP) is 1.42. The average Bonchev–Trinajstić information content (AvgIpc) is 2.35. The molecule has 1 heterocycles. The van der Waals surface area contributed by atoms with Crippen LogP contribution in [0.3, 0.4) is 0 Å². The minimum atomic E-state index is -0.133. The van der Waals surface area contributed by atoms with Crippen molar-refractivity contribution in [1.29, 1.82) is 0 Å². The third-order valence-corrected chi connectivity index (χ3v) is 3.72. The van der Waals surface area contributed by atoms with Crippen LogP contribution >= 0.6 is 0 Å². The van der Waals surface area contributed by atoms with E-state index in [1.165, 1.54) is 0 Å². The van der Waals surface area contributed by atoms with Gasteiger partial charge in [0, 0.05) is 49.9 Å². The first-order valence-electron chi connectivity index (χ1n) is 6.50. The van der Waals surface area contributed by atoms with Crippen LogP contribution in [0, 0.1) is 5.82 Å². The molecule has 1 fully saturated rings. The van der Waals surface area contributed by atoms with E-state index in [0.717, 1.165) is 25.2 Å². The molecule has 1 atom stereocenters. The highest BCUT2D eigenvalue weighted by Crippen LogP contribution is 2.17. The zero-order chi connectivity index (χ0) is 13.1. The molecule has 1 aliphatic heterocycles. The fourth-order valence-corrected chi connectivity index (χ4v) is 2.54. The number of hydrogen-bond donors (Lipinski definition) is 1. The molecule has 0 spiro atoms. The quantitative estimate of drug-likeness (QED) is 0.882. The minimum absolute atomic E-state index is 0.133. The molecule has 0 aromatic heterocycles. The van der Waals surface area contributed by atoms with Gasteiger partial charge >= 0.3 is 0 Å². The Kier molecular flexibility index (Phi) is 4.32. The summed E-state index contributed by atoms with van der Waals surface area (Å²) >= 11 is 0. The second-order valence-corrected chi connectivity index (χ2v) is 5.18. The molecule has 100 valence electrons. The van der Waals surface area contributed by atoms with Gasteiger partial charge in [-0.05, 0) is 14.0 Å². The Hall–Kier alpha value is -0.970. The molecule has 1 saturated heterocycles. The Morgan fingerprint density at radius 3 is 2.72 bits per heavy atom. The van der Waals surface area contributed by atoms with Crippen LogP contribution in [-0.2, 0) is 13.1 Å². The lowest BCUT2D eigenvalue weighted by molar-refractivity contribution is 0.0928. The van der Waals surface area contributed by atoms with Crippen LogP contribution in [0.4, 0.5) is 4.39 Å². The summed E-state index contributed by atoms with van der Waals surface area (Å²) in [4.78, 5) is 4.65. The highest BCUT2D eigenvalue weighted by atomic mass is 19.1. The fraction of sp³-hybridized carbons (Fsp3) is 0.571. The van der Waals surface area contributed by atoms with Crippen molar-refractivity contribution in [3.8, 4) is 0 Å². The molecular weight excluding hydrogens is 229 g/mol. The number of nitrogens with two attached hydrogens (primary N) is 1. The van der Waals surface area contributed by atoms with Crippen LogP contribution in [0.5, 0.6) is 0 Å². The molecule has 0 aliphatic carbocycles. The van der Waals surface area contributed by atoms with Crippen LogP contribution in [-0.4, -0.2) is 42.5 Å². The number of nitrogens with zero attached hydrogens (tertiary/aromatic N) is 2. The van der Waals surface area contributed by atoms with E-state index in [0.29, 0.717) is 18.2 Å². The van der Waals surface area contributed by atoms with Crippen LogP contribution in [0.1, 0.15) is 18.1 Å². The molecule has 0 radical (unpaired) electrons. The van der Waals surface area contributed by atoms with Crippen molar-refractivity contribution in [2.24, 2.45) is 5.73 Å². The summed E-state index contributed by atoms with van der Waals surface area (Å²) in [5.41, 5.74) is 6.90. The van der Waals surface area contributed by atoms with Crippen molar-refractivity contribution in [3.63, 3.8) is 0 Å². The first kappa shape index (κ1) is 13.5. The summed E-state index contributed by atoms with van der Waals surface area (Å²) in [7, 11) is 2.13. The smallest absolute Gasteiger partial charge is 0.132 e. The SMILES string of the molecule is CC1CN(C)CCN1Cc1cccc(CN)c1F. The Labute approximate surface area is 108 Å². The summed E-state index contributed by atoms with van der Waals surface area (Å²) in [6, 6.07) is 5.97. The van der Waals surface area contributed by atoms with Crippen LogP contribution in [0.2, 0.25) is 0 Å². The third-order valence-electron chi connectivity index (χ3n) is 3.72. The van der Waals surface area contributed by atoms with Crippen molar-refractivity contribution in [2.75, 3.05) is 26.7 Å². The lowest BCUT2D eigenvalue weighted by atomic mass is 10.1. The Morgan fingerprint density at radius 2 is 2.06 bits per heavy atom. The van der Waals surface area contributed by atoms with Crippen molar-refractivity contribution < 1.29 is 4.39 Å². The van der Waals surface area contributed by atoms with E-state index in [-0.39, 0.29) is 12.4 Å². The van der Waals surface area contributed by atoms with Gasteiger partial charge in [-0.1, -0.05) is 18.2 Å². The Balaban J connectivity index is 2.09. The van der Waals surface area contributed by atoms with Crippen LogP contribution in [0.15, 0.2) is 18.2 Å². The Morgan fingerprint density at radius 1 is 1.33 bits per heavy atom. The maximum absolute atomic E-state index is 14.1. The number of rotatable bonds is 3. The lowest BCUT2D eigenvalue weighted by Crippen LogP contribution is -2.49. The lowest BCUT2D eigenvalue weighted by Gasteiger charge is -2.38. The number of likely N-dealkylation sites (N-methyl/N-ethyl adjacent to an activating group) is 1. The molecule has 2 rings (SSSR count). The van der Waals surface area contributed by atoms with E-state index in [9.17, 15) is 4.39 Å². The van der Waals surface area contributed by atoms with E-state index in [1.807, 2.05) is 12.1 Å². The van der Waals surface area contributed by atoms with Gasteiger partial charge in [-0.2, -0.15) is 0 Å². The van der Waals surface area contributed by atoms with Crippen molar-refractivity contribution in [2.45, 2.75) is 26.1 Å². The van der Waals surface area contributed by atoms with Gasteiger partial charge in [-0.3, -0.25) is 4.90 Å². The molecule has 0 saturated carbocycles. The van der Waals surface area contributed by atoms with E-state index in [4.69, 9.17) is 5.73 Å². The maximum atomic E-state index is 14.1. The molecular formula is C14H22FN3. The predicted molar refractivity (Wildman–Crippen MR) is 71.7 cm³/mol. The molecule has 1 unspecified atom stereocenters. The number of benzene rings is 1. The normalized spacial score (nSPS) is 22.3. The molecule has 3 nitrogen and oxygen atoms in total. The summed E-state index contributed by atoms with van der Waals surface area (Å²) < 4.78 is 14.1. The van der Waals surface area contributed by atoms with E-state index >= 15 is 0 Å². The molecule has 1 aromatic carbocycles. The average molecular weight is 251 g/mol. The number of hydrogen-bond acceptors (Lipinski definition) is 3. The van der Waals surface area contributed by atoms with Gasteiger partial charge in [0.2, 0.25) is 0 Å². The summed E-state index contributed by atoms with van der Waals surface area (Å²) in [6.07, 6.45) is 0. The Bertz CT molecular complexity index is 408. The molecule has 1 aromatic rings. The molecule has 0 bridgehead atoms. The highest BCUT2D eigenvalue weighted by Gasteiger charge is 2.22. The van der Waals surface area contributed by atoms with Gasteiger partial charge in [-0.15, -0.1) is 0 Å². The van der Waals surface area contributed by atoms with Crippen molar-refractivity contribution >= 4 is 0 Å². The molecule has 18 heavy (non-hydrogen) atoms. The van der Waals surface area contributed by atoms with Crippen molar-refractivity contribution in [3.05, 3.63) is 35.1 Å². The van der Waals surface area contributed by atoms with E-state index < -0.39 is 0 Å². The van der Waals surface area contributed by atoms with E-state index in [2.05, 4.69) is 23.8 Å². The highest BCUT2D eigenvalue weighted by molar-refractivity contribution is 5.26. The first-order chi connectivity index (χ1) is 8.61. The zero-order valence-electron chi connectivity index (χ0n) is 11.2. The number of halogens is 1. The fourth-order valence-electron chi connectivity index (χ4n) is 2.54. The second kappa shape index (κ2) is 5.78. The topological polar surface area (TPSA) is 32.5 Å². The summed E-state index contributed by atoms with van der Waals surface area (Å²) in [5.74, 6) is -0.133. The van der Waals surface area contributed by atoms with Crippen LogP contribution < -0.4 is 5.73 Å². The molecule has 2 N–H and O–H groups in total. The zero-order valence-corrected chi connectivity index (χ0v) is 11.2. The summed E-state index contributed by atoms with van der Waals surface area (Å²) in [5, 5.41) is 0. The monoisotopic (exact) mass is 251 g/mol. The maximum Gasteiger partial charge on any atom is 0.132 e.